The van der Waals surface area contributed by atoms with Crippen LogP contribution in [0.15, 0.2) is 27.6 Å². The van der Waals surface area contributed by atoms with Crippen LogP contribution in [0.3, 0.4) is 0 Å². The van der Waals surface area contributed by atoms with E-state index in [2.05, 4.69) is 31.9 Å². The van der Waals surface area contributed by atoms with Crippen molar-refractivity contribution in [1.29, 1.82) is 0 Å². The number of sulfonamides is 1. The van der Waals surface area contributed by atoms with Gasteiger partial charge in [-0.25, -0.2) is 8.42 Å². The predicted octanol–water partition coefficient (Wildman–Crippen LogP) is 3.67. The maximum absolute atomic E-state index is 12.8. The Kier molecular flexibility index (Phi) is 5.43. The fraction of sp³-hybridized carbons (Fsp3) is 0.538. The summed E-state index contributed by atoms with van der Waals surface area (Å²) in [7, 11) is -3.57. The van der Waals surface area contributed by atoms with E-state index in [1.807, 2.05) is 13.8 Å². The lowest BCUT2D eigenvalue weighted by Gasteiger charge is -2.41. The number of hydrogen-bond donors (Lipinski definition) is 0. The molecule has 0 aromatic heterocycles. The van der Waals surface area contributed by atoms with Gasteiger partial charge in [-0.1, -0.05) is 27.5 Å². The van der Waals surface area contributed by atoms with Gasteiger partial charge in [0, 0.05) is 22.9 Å². The number of rotatable bonds is 3. The standard InChI is InChI=1S/C13H16Br2ClNO3S/c1-13(2)8-17(7-9(6-14)20-13)21(18,19)10-3-4-12(16)11(15)5-10/h3-5,9H,6-8H2,1-2H3. The Morgan fingerprint density at radius 3 is 2.71 bits per heavy atom. The van der Waals surface area contributed by atoms with Crippen molar-refractivity contribution >= 4 is 53.5 Å². The molecule has 1 aliphatic heterocycles. The van der Waals surface area contributed by atoms with Crippen LogP contribution in [0.5, 0.6) is 0 Å². The van der Waals surface area contributed by atoms with Crippen LogP contribution in [0, 0.1) is 0 Å². The van der Waals surface area contributed by atoms with Crippen LogP contribution in [0.25, 0.3) is 0 Å². The van der Waals surface area contributed by atoms with Gasteiger partial charge in [0.15, 0.2) is 0 Å². The minimum Gasteiger partial charge on any atom is -0.369 e. The molecule has 1 saturated heterocycles. The van der Waals surface area contributed by atoms with E-state index in [9.17, 15) is 8.42 Å². The fourth-order valence-corrected chi connectivity index (χ4v) is 4.92. The molecule has 1 unspecified atom stereocenters. The fourth-order valence-electron chi connectivity index (χ4n) is 2.29. The van der Waals surface area contributed by atoms with Gasteiger partial charge in [0.2, 0.25) is 10.0 Å². The molecule has 1 aromatic carbocycles. The molecule has 1 aromatic rings. The minimum absolute atomic E-state index is 0.167. The quantitative estimate of drug-likeness (QED) is 0.646. The molecule has 0 radical (unpaired) electrons. The van der Waals surface area contributed by atoms with Gasteiger partial charge < -0.3 is 4.74 Å². The molecule has 0 N–H and O–H groups in total. The molecule has 1 atom stereocenters. The third-order valence-corrected chi connectivity index (χ3v) is 6.89. The largest absolute Gasteiger partial charge is 0.369 e. The summed E-state index contributed by atoms with van der Waals surface area (Å²) in [4.78, 5) is 0.227. The van der Waals surface area contributed by atoms with Gasteiger partial charge in [0.25, 0.3) is 0 Å². The zero-order valence-electron chi connectivity index (χ0n) is 11.6. The first-order valence-electron chi connectivity index (χ1n) is 6.35. The van der Waals surface area contributed by atoms with E-state index in [-0.39, 0.29) is 11.0 Å². The van der Waals surface area contributed by atoms with E-state index in [4.69, 9.17) is 16.3 Å². The van der Waals surface area contributed by atoms with Crippen LogP contribution in [0.4, 0.5) is 0 Å². The van der Waals surface area contributed by atoms with Crippen molar-refractivity contribution in [2.45, 2.75) is 30.4 Å². The summed E-state index contributed by atoms with van der Waals surface area (Å²) in [6.07, 6.45) is -0.167. The minimum atomic E-state index is -3.57. The molecule has 4 nitrogen and oxygen atoms in total. The molecule has 1 heterocycles. The second-order valence-electron chi connectivity index (χ2n) is 5.53. The third-order valence-electron chi connectivity index (χ3n) is 3.15. The second-order valence-corrected chi connectivity index (χ2v) is 9.37. The van der Waals surface area contributed by atoms with Crippen LogP contribution in [0.2, 0.25) is 5.02 Å². The van der Waals surface area contributed by atoms with Crippen molar-refractivity contribution in [2.75, 3.05) is 18.4 Å². The number of benzene rings is 1. The molecular weight excluding hydrogens is 445 g/mol. The topological polar surface area (TPSA) is 46.6 Å². The van der Waals surface area contributed by atoms with Crippen LogP contribution >= 0.6 is 43.5 Å². The van der Waals surface area contributed by atoms with E-state index in [1.165, 1.54) is 16.4 Å². The SMILES string of the molecule is CC1(C)CN(S(=O)(=O)c2ccc(Cl)c(Br)c2)CC(CBr)O1. The molecule has 0 bridgehead atoms. The summed E-state index contributed by atoms with van der Waals surface area (Å²) in [5, 5.41) is 1.07. The van der Waals surface area contributed by atoms with Gasteiger partial charge in [-0.3, -0.25) is 0 Å². The molecule has 0 amide bonds. The Morgan fingerprint density at radius 2 is 2.14 bits per heavy atom. The predicted molar refractivity (Wildman–Crippen MR) is 90.7 cm³/mol. The first kappa shape index (κ1) is 17.7. The van der Waals surface area contributed by atoms with Crippen LogP contribution in [0.1, 0.15) is 13.8 Å². The number of nitrogens with zero attached hydrogens (tertiary/aromatic N) is 1. The van der Waals surface area contributed by atoms with Gasteiger partial charge in [-0.15, -0.1) is 0 Å². The molecule has 0 saturated carbocycles. The van der Waals surface area contributed by atoms with E-state index in [1.54, 1.807) is 6.07 Å². The highest BCUT2D eigenvalue weighted by Gasteiger charge is 2.39. The lowest BCUT2D eigenvalue weighted by Crippen LogP contribution is -2.54. The van der Waals surface area contributed by atoms with E-state index < -0.39 is 15.6 Å². The van der Waals surface area contributed by atoms with Crippen LogP contribution < -0.4 is 0 Å². The summed E-state index contributed by atoms with van der Waals surface area (Å²) in [6.45, 7) is 4.43. The molecule has 0 spiro atoms. The maximum atomic E-state index is 12.8. The Balaban J connectivity index is 2.36. The first-order valence-corrected chi connectivity index (χ1v) is 10.1. The zero-order valence-corrected chi connectivity index (χ0v) is 16.4. The molecule has 2 rings (SSSR count). The monoisotopic (exact) mass is 459 g/mol. The molecular formula is C13H16Br2ClNO3S. The Hall–Kier alpha value is 0.340. The number of halogens is 3. The molecule has 0 aliphatic carbocycles. The molecule has 1 aliphatic rings. The molecule has 8 heteroatoms. The van der Waals surface area contributed by atoms with E-state index in [0.29, 0.717) is 27.9 Å². The molecule has 1 fully saturated rings. The Bertz CT molecular complexity index is 636. The second kappa shape index (κ2) is 6.45. The van der Waals surface area contributed by atoms with Gasteiger partial charge in [-0.2, -0.15) is 4.31 Å². The summed E-state index contributed by atoms with van der Waals surface area (Å²) in [6, 6.07) is 4.63. The lowest BCUT2D eigenvalue weighted by atomic mass is 10.1. The normalized spacial score (nSPS) is 23.2. The van der Waals surface area contributed by atoms with E-state index in [0.717, 1.165) is 0 Å². The van der Waals surface area contributed by atoms with Crippen LogP contribution in [-0.4, -0.2) is 42.8 Å². The average Bonchev–Trinajstić information content (AvgIpc) is 2.39. The Morgan fingerprint density at radius 1 is 1.48 bits per heavy atom. The summed E-state index contributed by atoms with van der Waals surface area (Å²) in [5.74, 6) is 0. The summed E-state index contributed by atoms with van der Waals surface area (Å²) < 4.78 is 33.5. The smallest absolute Gasteiger partial charge is 0.243 e. The summed E-state index contributed by atoms with van der Waals surface area (Å²) >= 11 is 12.6. The lowest BCUT2D eigenvalue weighted by molar-refractivity contribution is -0.106. The number of ether oxygens (including phenoxy) is 1. The van der Waals surface area contributed by atoms with Crippen molar-refractivity contribution < 1.29 is 13.2 Å². The molecule has 118 valence electrons. The highest BCUT2D eigenvalue weighted by atomic mass is 79.9. The molecule has 21 heavy (non-hydrogen) atoms. The van der Waals surface area contributed by atoms with Gasteiger partial charge in [0.05, 0.1) is 21.6 Å². The van der Waals surface area contributed by atoms with Crippen molar-refractivity contribution in [1.82, 2.24) is 4.31 Å². The van der Waals surface area contributed by atoms with Crippen molar-refractivity contribution in [3.63, 3.8) is 0 Å². The van der Waals surface area contributed by atoms with Crippen molar-refractivity contribution in [3.05, 3.63) is 27.7 Å². The maximum Gasteiger partial charge on any atom is 0.243 e. The van der Waals surface area contributed by atoms with Gasteiger partial charge in [-0.05, 0) is 48.0 Å². The zero-order chi connectivity index (χ0) is 15.8. The number of morpholine rings is 1. The van der Waals surface area contributed by atoms with E-state index >= 15 is 0 Å². The van der Waals surface area contributed by atoms with Gasteiger partial charge in [0.1, 0.15) is 0 Å². The third kappa shape index (κ3) is 4.00. The first-order chi connectivity index (χ1) is 9.65. The van der Waals surface area contributed by atoms with Crippen LogP contribution in [-0.2, 0) is 14.8 Å². The van der Waals surface area contributed by atoms with Crippen molar-refractivity contribution in [2.24, 2.45) is 0 Å². The van der Waals surface area contributed by atoms with Crippen molar-refractivity contribution in [3.8, 4) is 0 Å². The Labute approximate surface area is 147 Å². The van der Waals surface area contributed by atoms with Gasteiger partial charge >= 0.3 is 0 Å². The highest BCUT2D eigenvalue weighted by Crippen LogP contribution is 2.30. The number of alkyl halides is 1. The summed E-state index contributed by atoms with van der Waals surface area (Å²) in [5.41, 5.74) is -0.520. The highest BCUT2D eigenvalue weighted by molar-refractivity contribution is 9.10. The number of hydrogen-bond acceptors (Lipinski definition) is 3. The average molecular weight is 462 g/mol.